The van der Waals surface area contributed by atoms with Gasteiger partial charge in [0.1, 0.15) is 6.23 Å². The van der Waals surface area contributed by atoms with Crippen molar-refractivity contribution in [3.05, 3.63) is 32.6 Å². The van der Waals surface area contributed by atoms with Crippen LogP contribution in [0.2, 0.25) is 0 Å². The highest BCUT2D eigenvalue weighted by molar-refractivity contribution is 5.02. The Morgan fingerprint density at radius 2 is 2.10 bits per heavy atom. The molecule has 3 atom stereocenters. The minimum atomic E-state index is -0.429. The number of methoxy groups -OCH3 is 1. The molecule has 2 heterocycles. The van der Waals surface area contributed by atoms with Gasteiger partial charge in [-0.3, -0.25) is 14.3 Å². The first-order valence-corrected chi connectivity index (χ1v) is 7.20. The van der Waals surface area contributed by atoms with Crippen molar-refractivity contribution in [1.29, 1.82) is 0 Å². The second kappa shape index (κ2) is 5.77. The van der Waals surface area contributed by atoms with Crippen LogP contribution in [0.15, 0.2) is 15.8 Å². The van der Waals surface area contributed by atoms with E-state index in [1.165, 1.54) is 4.57 Å². The molecule has 1 aliphatic heterocycles. The Balaban J connectivity index is 2.33. The van der Waals surface area contributed by atoms with Crippen LogP contribution in [0, 0.1) is 18.3 Å². The van der Waals surface area contributed by atoms with Gasteiger partial charge in [0.2, 0.25) is 0 Å². The molecule has 0 aromatic carbocycles. The van der Waals surface area contributed by atoms with Crippen molar-refractivity contribution in [2.24, 2.45) is 11.3 Å². The van der Waals surface area contributed by atoms with Gasteiger partial charge in [0.15, 0.2) is 0 Å². The van der Waals surface area contributed by atoms with Crippen LogP contribution in [0.25, 0.3) is 0 Å². The molecule has 1 aliphatic rings. The smallest absolute Gasteiger partial charge is 0.330 e. The first-order valence-electron chi connectivity index (χ1n) is 7.20. The quantitative estimate of drug-likeness (QED) is 0.916. The fourth-order valence-electron chi connectivity index (χ4n) is 2.93. The zero-order valence-corrected chi connectivity index (χ0v) is 13.3. The van der Waals surface area contributed by atoms with Gasteiger partial charge < -0.3 is 9.47 Å². The summed E-state index contributed by atoms with van der Waals surface area (Å²) in [5.41, 5.74) is -0.226. The van der Waals surface area contributed by atoms with Crippen LogP contribution in [0.1, 0.15) is 39.0 Å². The fraction of sp³-hybridized carbons (Fsp3) is 0.733. The number of rotatable bonds is 3. The van der Waals surface area contributed by atoms with Crippen molar-refractivity contribution in [2.45, 2.75) is 46.4 Å². The molecule has 2 rings (SSSR count). The van der Waals surface area contributed by atoms with Gasteiger partial charge >= 0.3 is 5.69 Å². The molecule has 1 saturated heterocycles. The van der Waals surface area contributed by atoms with Crippen molar-refractivity contribution >= 4 is 0 Å². The minimum absolute atomic E-state index is 0.0544. The fourth-order valence-corrected chi connectivity index (χ4v) is 2.93. The molecule has 1 aromatic rings. The summed E-state index contributed by atoms with van der Waals surface area (Å²) in [6.45, 7) is 8.65. The summed E-state index contributed by atoms with van der Waals surface area (Å²) in [5, 5.41) is 0. The molecule has 0 spiro atoms. The van der Waals surface area contributed by atoms with Crippen LogP contribution in [-0.2, 0) is 9.47 Å². The van der Waals surface area contributed by atoms with E-state index in [-0.39, 0.29) is 29.2 Å². The highest BCUT2D eigenvalue weighted by atomic mass is 16.5. The summed E-state index contributed by atoms with van der Waals surface area (Å²) in [6.07, 6.45) is 1.88. The number of H-pyrrole nitrogens is 1. The number of hydrogen-bond acceptors (Lipinski definition) is 4. The predicted octanol–water partition coefficient (Wildman–Crippen LogP) is 1.44. The number of aryl methyl sites for hydroxylation is 1. The Morgan fingerprint density at radius 1 is 1.43 bits per heavy atom. The van der Waals surface area contributed by atoms with E-state index >= 15 is 0 Å². The van der Waals surface area contributed by atoms with E-state index in [2.05, 4.69) is 25.8 Å². The normalized spacial score (nSPS) is 26.2. The summed E-state index contributed by atoms with van der Waals surface area (Å²) < 4.78 is 12.7. The van der Waals surface area contributed by atoms with E-state index in [4.69, 9.17) is 9.47 Å². The largest absolute Gasteiger partial charge is 0.382 e. The third kappa shape index (κ3) is 3.27. The van der Waals surface area contributed by atoms with Gasteiger partial charge in [-0.05, 0) is 24.7 Å². The molecule has 0 radical (unpaired) electrons. The van der Waals surface area contributed by atoms with E-state index in [9.17, 15) is 9.59 Å². The third-order valence-corrected chi connectivity index (χ3v) is 4.14. The summed E-state index contributed by atoms with van der Waals surface area (Å²) in [6, 6.07) is 0. The number of hydrogen-bond donors (Lipinski definition) is 1. The van der Waals surface area contributed by atoms with E-state index in [0.29, 0.717) is 12.2 Å². The first-order chi connectivity index (χ1) is 9.74. The van der Waals surface area contributed by atoms with Crippen LogP contribution in [0.4, 0.5) is 0 Å². The van der Waals surface area contributed by atoms with Crippen LogP contribution in [0.5, 0.6) is 0 Å². The van der Waals surface area contributed by atoms with Gasteiger partial charge in [-0.1, -0.05) is 20.8 Å². The Hall–Kier alpha value is -1.40. The highest BCUT2D eigenvalue weighted by Gasteiger charge is 2.42. The van der Waals surface area contributed by atoms with Gasteiger partial charge in [-0.15, -0.1) is 0 Å². The minimum Gasteiger partial charge on any atom is -0.382 e. The number of nitrogens with one attached hydrogen (secondary N) is 1. The topological polar surface area (TPSA) is 73.3 Å². The highest BCUT2D eigenvalue weighted by Crippen LogP contribution is 2.43. The van der Waals surface area contributed by atoms with E-state index < -0.39 is 5.69 Å². The lowest BCUT2D eigenvalue weighted by Crippen LogP contribution is -2.33. The molecule has 0 saturated carbocycles. The van der Waals surface area contributed by atoms with Crippen LogP contribution in [-0.4, -0.2) is 29.4 Å². The average molecular weight is 296 g/mol. The lowest BCUT2D eigenvalue weighted by molar-refractivity contribution is -0.0511. The lowest BCUT2D eigenvalue weighted by Gasteiger charge is -2.30. The summed E-state index contributed by atoms with van der Waals surface area (Å²) in [7, 11) is 1.65. The number of nitrogens with zero attached hydrogens (tertiary/aromatic N) is 1. The van der Waals surface area contributed by atoms with Crippen LogP contribution >= 0.6 is 0 Å². The molecule has 6 nitrogen and oxygen atoms in total. The average Bonchev–Trinajstić information content (AvgIpc) is 2.78. The first kappa shape index (κ1) is 16.0. The lowest BCUT2D eigenvalue weighted by atomic mass is 9.76. The van der Waals surface area contributed by atoms with Crippen molar-refractivity contribution in [3.8, 4) is 0 Å². The molecule has 1 fully saturated rings. The monoisotopic (exact) mass is 296 g/mol. The van der Waals surface area contributed by atoms with E-state index in [1.54, 1.807) is 20.2 Å². The molecular formula is C15H24N2O4. The molecular weight excluding hydrogens is 272 g/mol. The maximum Gasteiger partial charge on any atom is 0.330 e. The van der Waals surface area contributed by atoms with E-state index in [0.717, 1.165) is 6.42 Å². The molecule has 118 valence electrons. The second-order valence-electron chi connectivity index (χ2n) is 6.77. The number of aromatic nitrogens is 2. The molecule has 0 bridgehead atoms. The molecule has 1 aromatic heterocycles. The summed E-state index contributed by atoms with van der Waals surface area (Å²) in [4.78, 5) is 25.8. The van der Waals surface area contributed by atoms with Crippen molar-refractivity contribution in [1.82, 2.24) is 9.55 Å². The maximum atomic E-state index is 12.0. The van der Waals surface area contributed by atoms with Crippen LogP contribution in [0.3, 0.4) is 0 Å². The van der Waals surface area contributed by atoms with Gasteiger partial charge in [-0.25, -0.2) is 4.79 Å². The number of ether oxygens (including phenoxy) is 2. The summed E-state index contributed by atoms with van der Waals surface area (Å²) in [5.74, 6) is 0.279. The molecule has 1 unspecified atom stereocenters. The Labute approximate surface area is 124 Å². The van der Waals surface area contributed by atoms with Gasteiger partial charge in [0, 0.05) is 18.9 Å². The SMILES string of the molecule is COC[C@H]1O[C@@H](n2cc(C)c(=O)[nH]c2=O)CC1C(C)(C)C. The maximum absolute atomic E-state index is 12.0. The van der Waals surface area contributed by atoms with Crippen LogP contribution < -0.4 is 11.2 Å². The molecule has 21 heavy (non-hydrogen) atoms. The Morgan fingerprint density at radius 3 is 2.67 bits per heavy atom. The molecule has 0 aliphatic carbocycles. The van der Waals surface area contributed by atoms with Gasteiger partial charge in [0.25, 0.3) is 5.56 Å². The number of aromatic amines is 1. The predicted molar refractivity (Wildman–Crippen MR) is 79.4 cm³/mol. The summed E-state index contributed by atoms with van der Waals surface area (Å²) >= 11 is 0. The third-order valence-electron chi connectivity index (χ3n) is 4.14. The second-order valence-corrected chi connectivity index (χ2v) is 6.77. The van der Waals surface area contributed by atoms with Crippen molar-refractivity contribution < 1.29 is 9.47 Å². The molecule has 1 N–H and O–H groups in total. The zero-order valence-electron chi connectivity index (χ0n) is 13.3. The zero-order chi connectivity index (χ0) is 15.8. The van der Waals surface area contributed by atoms with Crippen molar-refractivity contribution in [2.75, 3.05) is 13.7 Å². The molecule has 0 amide bonds. The van der Waals surface area contributed by atoms with Gasteiger partial charge in [0.05, 0.1) is 12.7 Å². The standard InChI is InChI=1S/C15H24N2O4/c1-9-7-17(14(19)16-13(9)18)12-6-10(15(2,3)4)11(21-12)8-20-5/h7,10-12H,6,8H2,1-5H3,(H,16,18,19)/t10?,11-,12-/m1/s1. The van der Waals surface area contributed by atoms with E-state index in [1.807, 2.05) is 0 Å². The Kier molecular flexibility index (Phi) is 4.39. The van der Waals surface area contributed by atoms with Gasteiger partial charge in [-0.2, -0.15) is 0 Å². The molecule has 6 heteroatoms. The van der Waals surface area contributed by atoms with Crippen molar-refractivity contribution in [3.63, 3.8) is 0 Å². The Bertz CT molecular complexity index is 611.